The molecule has 1 unspecified atom stereocenters. The number of likely N-dealkylation sites (N-methyl/N-ethyl adjacent to an activating group) is 1. The van der Waals surface area contributed by atoms with Crippen LogP contribution < -0.4 is 66.7 Å². The molecule has 110 heavy (non-hydrogen) atoms. The second kappa shape index (κ2) is 34.9. The molecule has 0 aromatic heterocycles. The number of aliphatic carboxylic acids is 2. The topological polar surface area (TPSA) is 466 Å². The molecule has 10 aliphatic rings. The van der Waals surface area contributed by atoms with Crippen LogP contribution >= 0.6 is 0 Å². The third-order valence-electron chi connectivity index (χ3n) is 20.5. The molecule has 0 radical (unpaired) electrons. The number of aromatic nitrogens is 16. The first-order chi connectivity index (χ1) is 52.5. The molecule has 0 spiro atoms. The van der Waals surface area contributed by atoms with Crippen molar-refractivity contribution in [1.82, 2.24) is 104 Å². The van der Waals surface area contributed by atoms with E-state index in [1.165, 1.54) is 0 Å². The first-order valence-electron chi connectivity index (χ1n) is 36.9. The quantitative estimate of drug-likeness (QED) is 0.0344. The van der Waals surface area contributed by atoms with E-state index in [-0.39, 0.29) is 52.3 Å². The van der Waals surface area contributed by atoms with Gasteiger partial charge in [-0.05, 0) is 227 Å². The van der Waals surface area contributed by atoms with Crippen molar-refractivity contribution < 1.29 is 19.8 Å². The van der Waals surface area contributed by atoms with Gasteiger partial charge in [-0.3, -0.25) is 48.7 Å². The fraction of sp³-hybridized carbons (Fsp3) is 0.447. The van der Waals surface area contributed by atoms with E-state index in [1.54, 1.807) is 0 Å². The normalized spacial score (nSPS) is 15.3. The van der Waals surface area contributed by atoms with Crippen molar-refractivity contribution in [3.8, 4) is 46.1 Å². The predicted molar refractivity (Wildman–Crippen MR) is 418 cm³/mol. The Bertz CT molecular complexity index is 5800. The number of carboxylic acids is 2. The van der Waals surface area contributed by atoms with Crippen LogP contribution in [0.3, 0.4) is 0 Å². The third-order valence-corrected chi connectivity index (χ3v) is 20.5. The van der Waals surface area contributed by atoms with E-state index in [0.29, 0.717) is 107 Å². The second-order valence-corrected chi connectivity index (χ2v) is 28.7. The van der Waals surface area contributed by atoms with Crippen LogP contribution in [0.4, 0.5) is 0 Å². The first kappa shape index (κ1) is 79.7. The smallest absolute Gasteiger partial charge is 0.349 e. The number of nitrogens with two attached hydrogens (primary N) is 1. The largest absolute Gasteiger partial charge is 0.481 e. The molecule has 1 saturated carbocycles. The van der Waals surface area contributed by atoms with Crippen LogP contribution in [-0.4, -0.2) is 196 Å². The minimum absolute atomic E-state index is 0.127. The van der Waals surface area contributed by atoms with Crippen LogP contribution in [0.25, 0.3) is 90.2 Å². The Morgan fingerprint density at radius 2 is 0.800 bits per heavy atom. The molecule has 0 amide bonds. The zero-order valence-electron chi connectivity index (χ0n) is 63.5. The lowest BCUT2D eigenvalue weighted by atomic mass is 9.98. The molecule has 14 rings (SSSR count). The van der Waals surface area contributed by atoms with Crippen molar-refractivity contribution in [1.29, 1.82) is 0 Å². The second-order valence-electron chi connectivity index (χ2n) is 28.7. The summed E-state index contributed by atoms with van der Waals surface area (Å²) in [5.41, 5.74) is 16.1. The van der Waals surface area contributed by atoms with Gasteiger partial charge in [-0.1, -0.05) is 0 Å². The van der Waals surface area contributed by atoms with Crippen molar-refractivity contribution in [2.75, 3.05) is 79.5 Å². The number of aromatic amines is 4. The van der Waals surface area contributed by atoms with Gasteiger partial charge in [-0.2, -0.15) is 19.9 Å². The fourth-order valence-electron chi connectivity index (χ4n) is 13.9. The Labute approximate surface area is 629 Å². The highest BCUT2D eigenvalue weighted by atomic mass is 16.4. The molecule has 1 saturated heterocycles. The summed E-state index contributed by atoms with van der Waals surface area (Å²) in [6, 6.07) is 15.9. The number of H-pyrrole nitrogens is 4. The maximum Gasteiger partial charge on any atom is 0.349 e. The number of carboxylic acid groups (broad SMARTS) is 2. The molecule has 11 N–H and O–H groups in total. The van der Waals surface area contributed by atoms with Gasteiger partial charge >= 0.3 is 34.7 Å². The zero-order chi connectivity index (χ0) is 78.9. The van der Waals surface area contributed by atoms with Gasteiger partial charge in [0.25, 0.3) is 22.2 Å². The number of hydrogen-bond acceptors (Lipinski definition) is 24. The minimum atomic E-state index is -0.766. The molecule has 4 aromatic rings. The molecule has 0 bridgehead atoms. The summed E-state index contributed by atoms with van der Waals surface area (Å²) < 4.78 is 7.50. The number of likely N-dealkylation sites (tertiary alicyclic amines) is 1. The molecule has 9 aliphatic heterocycles. The molecule has 34 heteroatoms. The van der Waals surface area contributed by atoms with Crippen molar-refractivity contribution in [3.63, 3.8) is 0 Å². The van der Waals surface area contributed by atoms with Gasteiger partial charge < -0.3 is 60.0 Å². The summed E-state index contributed by atoms with van der Waals surface area (Å²) in [5.74, 6) is -1.02. The Morgan fingerprint density at radius 3 is 1.15 bits per heavy atom. The van der Waals surface area contributed by atoms with Crippen molar-refractivity contribution in [2.45, 2.75) is 133 Å². The maximum atomic E-state index is 12.3. The number of piperidine rings is 1. The van der Waals surface area contributed by atoms with E-state index in [1.807, 2.05) is 136 Å². The number of benzene rings is 4. The number of carbonyl (C=O) groups is 2. The standard InChI is InChI=1S/2C20H23N5O4.2C18H24N6O2/c1-10-7-14-15(8-11(10)2)25(17-16(22-14)18(26)24-20(29)23-17)6-5-21-13-4-3-12(9-13)19(27)28;1-11-8-14-15(9-12(11)2)25(17-16(21-14)18(26)23-20(29)22-17)7-6-24-5-3-4-13(10-24)19(27)28;1-11-9-13-14(10-12(11)2)24(8-6-19-5-7-23(3)4)16-15(20-13)17(25)22-18(26)21-16;1-11-9-13-14(10-12(11)2)24(8-7-20-6-4-3-5-19)16-15(21-13)17(25)23-18(26)22-16/h7-8,12-13,21H,3-6,9H2,1-2H3,(H,27,28)(H,24,26,29);8-9,13H,3-7,10H2,1-2H3,(H,27,28)(H,23,26,29);9-10,19H,5-8H2,1-4H3,(H,22,25,26);9-10,20H,3-8,19H2,1-2H3,(H,23,25,26)/t12-,13-;;;/m1.../s1. The van der Waals surface area contributed by atoms with Gasteiger partial charge in [-0.25, -0.2) is 39.1 Å². The van der Waals surface area contributed by atoms with Crippen molar-refractivity contribution >= 4 is 56.1 Å². The predicted octanol–water partition coefficient (Wildman–Crippen LogP) is 2.92. The van der Waals surface area contributed by atoms with Crippen LogP contribution in [0.5, 0.6) is 0 Å². The fourth-order valence-corrected chi connectivity index (χ4v) is 13.9. The number of nitrogens with one attached hydrogen (secondary N) is 7. The van der Waals surface area contributed by atoms with Gasteiger partial charge in [-0.15, -0.1) is 0 Å². The lowest BCUT2D eigenvalue weighted by Crippen LogP contribution is -2.40. The van der Waals surface area contributed by atoms with Gasteiger partial charge in [0.15, 0.2) is 46.1 Å². The lowest BCUT2D eigenvalue weighted by molar-refractivity contribution is -0.144. The molecule has 4 aromatic carbocycles. The number of unbranched alkanes of at least 4 members (excludes halogenated alkanes) is 1. The van der Waals surface area contributed by atoms with Crippen LogP contribution in [0.1, 0.15) is 89.5 Å². The highest BCUT2D eigenvalue weighted by molar-refractivity contribution is 5.84. The first-order valence-corrected chi connectivity index (χ1v) is 36.9. The molecule has 1 aliphatic carbocycles. The Balaban J connectivity index is 0.000000146. The third kappa shape index (κ3) is 18.5. The van der Waals surface area contributed by atoms with Gasteiger partial charge in [0.05, 0.1) is 56.0 Å². The number of aryl methyl sites for hydroxylation is 8. The Kier molecular flexibility index (Phi) is 25.3. The van der Waals surface area contributed by atoms with Gasteiger partial charge in [0.2, 0.25) is 0 Å². The van der Waals surface area contributed by atoms with Crippen molar-refractivity contribution in [3.05, 3.63) is 176 Å². The number of rotatable bonds is 22. The molecule has 2 fully saturated rings. The minimum Gasteiger partial charge on any atom is -0.481 e. The van der Waals surface area contributed by atoms with E-state index in [2.05, 4.69) is 85.6 Å². The SMILES string of the molecule is Cc1cc2nc3c(=O)[nH]c(=O)nc-3n(CCN3CCCC(C(=O)O)C3)c2cc1C.Cc1cc2nc3c(=O)[nH]c(=O)nc-3n(CCNCCCCN)c2cc1C.Cc1cc2nc3c(=O)[nH]c(=O)nc-3n(CCNCCN(C)C)c2cc1C.Cc1cc2nc3c(=O)[nH]c(=O)nc-3n(CCN[C@@H]3CC[C@@H](C(=O)O)C3)c2cc1C. The molecular formula is C76H94N22O12. The summed E-state index contributed by atoms with van der Waals surface area (Å²) in [5, 5.41) is 28.6. The highest BCUT2D eigenvalue weighted by Gasteiger charge is 2.31. The van der Waals surface area contributed by atoms with E-state index in [4.69, 9.17) is 10.8 Å². The Hall–Kier alpha value is -11.3. The maximum absolute atomic E-state index is 12.3. The zero-order valence-corrected chi connectivity index (χ0v) is 63.5. The van der Waals surface area contributed by atoms with Crippen LogP contribution in [-0.2, 0) is 35.8 Å². The number of hydrogen-bond donors (Lipinski definition) is 10. The molecule has 9 heterocycles. The summed E-state index contributed by atoms with van der Waals surface area (Å²) >= 11 is 0. The van der Waals surface area contributed by atoms with Crippen LogP contribution in [0.2, 0.25) is 0 Å². The van der Waals surface area contributed by atoms with Crippen LogP contribution in [0, 0.1) is 67.2 Å². The summed E-state index contributed by atoms with van der Waals surface area (Å²) in [7, 11) is 4.05. The van der Waals surface area contributed by atoms with E-state index in [9.17, 15) is 53.1 Å². The Morgan fingerprint density at radius 1 is 0.445 bits per heavy atom. The summed E-state index contributed by atoms with van der Waals surface area (Å²) in [4.78, 5) is 165. The van der Waals surface area contributed by atoms with E-state index < -0.39 is 56.9 Å². The highest BCUT2D eigenvalue weighted by Crippen LogP contribution is 2.30. The molecule has 3 atom stereocenters. The molecular weight excluding hydrogens is 1410 g/mol. The summed E-state index contributed by atoms with van der Waals surface area (Å²) in [6.45, 7) is 25.4. The van der Waals surface area contributed by atoms with Gasteiger partial charge in [0, 0.05) is 78.0 Å². The average Bonchev–Trinajstić information content (AvgIpc) is 0.823. The number of fused-ring (bicyclic) bond motifs is 8. The average molecular weight is 1510 g/mol. The summed E-state index contributed by atoms with van der Waals surface area (Å²) in [6.07, 6.45) is 5.63. The van der Waals surface area contributed by atoms with Crippen LogP contribution in [0.15, 0.2) is 86.9 Å². The number of nitrogens with zero attached hydrogens (tertiary/aromatic N) is 14. The molecule has 580 valence electrons. The van der Waals surface area contributed by atoms with Crippen molar-refractivity contribution in [2.24, 2.45) is 17.6 Å². The molecule has 34 nitrogen and oxygen atoms in total. The van der Waals surface area contributed by atoms with E-state index >= 15 is 0 Å². The van der Waals surface area contributed by atoms with Gasteiger partial charge in [0.1, 0.15) is 0 Å². The monoisotopic (exact) mass is 1510 g/mol. The lowest BCUT2D eigenvalue weighted by Gasteiger charge is -2.31. The van der Waals surface area contributed by atoms with E-state index in [0.717, 1.165) is 129 Å².